The smallest absolute Gasteiger partial charge is 0.339 e. The van der Waals surface area contributed by atoms with E-state index in [-0.39, 0.29) is 0 Å². The number of carbonyl (C=O) groups is 2. The Kier molecular flexibility index (Phi) is 4.45. The Morgan fingerprint density at radius 2 is 2.19 bits per heavy atom. The van der Waals surface area contributed by atoms with E-state index >= 15 is 0 Å². The Balaban J connectivity index is 2.10. The number of nitrogens with zero attached hydrogens (tertiary/aromatic N) is 2. The molecule has 1 aliphatic heterocycles. The molecule has 2 rings (SSSR count). The number of ether oxygens (including phenoxy) is 1. The summed E-state index contributed by atoms with van der Waals surface area (Å²) in [7, 11) is 0. The molecular formula is C15H20N2O4. The minimum Gasteiger partial charge on any atom is -0.481 e. The van der Waals surface area contributed by atoms with Crippen LogP contribution in [-0.2, 0) is 9.53 Å². The van der Waals surface area contributed by atoms with Crippen LogP contribution in [0.5, 0.6) is 0 Å². The molecule has 0 bridgehead atoms. The second-order valence-electron chi connectivity index (χ2n) is 5.24. The van der Waals surface area contributed by atoms with Gasteiger partial charge in [-0.3, -0.25) is 4.79 Å². The Hall–Kier alpha value is -2.11. The molecule has 6 heteroatoms. The molecule has 1 unspecified atom stereocenters. The van der Waals surface area contributed by atoms with Crippen molar-refractivity contribution in [2.75, 3.05) is 24.6 Å². The first-order valence-electron chi connectivity index (χ1n) is 7.14. The number of aromatic nitrogens is 1. The number of rotatable bonds is 5. The third kappa shape index (κ3) is 2.99. The molecule has 0 amide bonds. The van der Waals surface area contributed by atoms with E-state index in [1.807, 2.05) is 11.8 Å². The molecule has 0 aliphatic carbocycles. The molecule has 0 aromatic carbocycles. The maximum Gasteiger partial charge on any atom is 0.339 e. The summed E-state index contributed by atoms with van der Waals surface area (Å²) in [5.41, 5.74) is -0.290. The van der Waals surface area contributed by atoms with Gasteiger partial charge >= 0.3 is 11.9 Å². The molecule has 21 heavy (non-hydrogen) atoms. The molecule has 114 valence electrons. The summed E-state index contributed by atoms with van der Waals surface area (Å²) in [4.78, 5) is 29.2. The molecule has 1 aromatic rings. The summed E-state index contributed by atoms with van der Waals surface area (Å²) in [6, 6.07) is 3.40. The Morgan fingerprint density at radius 1 is 1.43 bits per heavy atom. The van der Waals surface area contributed by atoms with Gasteiger partial charge in [0.15, 0.2) is 0 Å². The first kappa shape index (κ1) is 15.3. The largest absolute Gasteiger partial charge is 0.481 e. The van der Waals surface area contributed by atoms with Crippen LogP contribution in [0.1, 0.15) is 37.0 Å². The van der Waals surface area contributed by atoms with Crippen LogP contribution in [0, 0.1) is 5.41 Å². The van der Waals surface area contributed by atoms with E-state index in [4.69, 9.17) is 4.74 Å². The quantitative estimate of drug-likeness (QED) is 0.836. The molecule has 1 aliphatic rings. The monoisotopic (exact) mass is 292 g/mol. The maximum absolute atomic E-state index is 11.6. The van der Waals surface area contributed by atoms with Crippen molar-refractivity contribution < 1.29 is 19.4 Å². The summed E-state index contributed by atoms with van der Waals surface area (Å²) in [6.07, 6.45) is 2.68. The van der Waals surface area contributed by atoms with Gasteiger partial charge in [-0.05, 0) is 31.9 Å². The van der Waals surface area contributed by atoms with Gasteiger partial charge in [0.25, 0.3) is 0 Å². The molecule has 1 N–H and O–H groups in total. The number of aliphatic carboxylic acids is 1. The van der Waals surface area contributed by atoms with Gasteiger partial charge in [-0.2, -0.15) is 0 Å². The Bertz CT molecular complexity index is 529. The lowest BCUT2D eigenvalue weighted by atomic mass is 9.84. The predicted octanol–water partition coefficient (Wildman–Crippen LogP) is 1.95. The summed E-state index contributed by atoms with van der Waals surface area (Å²) >= 11 is 0. The van der Waals surface area contributed by atoms with Crippen LogP contribution in [0.15, 0.2) is 18.3 Å². The minimum atomic E-state index is -0.754. The number of anilines is 1. The van der Waals surface area contributed by atoms with Gasteiger partial charge in [-0.15, -0.1) is 0 Å². The van der Waals surface area contributed by atoms with Gasteiger partial charge in [0.05, 0.1) is 17.6 Å². The number of pyridine rings is 1. The molecule has 0 radical (unpaired) electrons. The van der Waals surface area contributed by atoms with Crippen LogP contribution in [0.4, 0.5) is 5.82 Å². The van der Waals surface area contributed by atoms with Crippen molar-refractivity contribution in [1.82, 2.24) is 4.98 Å². The lowest BCUT2D eigenvalue weighted by Crippen LogP contribution is -2.34. The van der Waals surface area contributed by atoms with Gasteiger partial charge in [0.1, 0.15) is 5.82 Å². The van der Waals surface area contributed by atoms with Crippen LogP contribution >= 0.6 is 0 Å². The molecule has 1 fully saturated rings. The fraction of sp³-hybridized carbons (Fsp3) is 0.533. The zero-order chi connectivity index (χ0) is 15.5. The number of carbonyl (C=O) groups excluding carboxylic acids is 1. The summed E-state index contributed by atoms with van der Waals surface area (Å²) in [6.45, 7) is 5.08. The van der Waals surface area contributed by atoms with Crippen molar-refractivity contribution in [2.45, 2.75) is 26.7 Å². The molecule has 0 saturated carbocycles. The normalized spacial score (nSPS) is 21.3. The van der Waals surface area contributed by atoms with E-state index in [1.54, 1.807) is 19.1 Å². The number of hydrogen-bond acceptors (Lipinski definition) is 5. The van der Waals surface area contributed by atoms with Crippen LogP contribution in [0.3, 0.4) is 0 Å². The lowest BCUT2D eigenvalue weighted by molar-refractivity contribution is -0.147. The highest BCUT2D eigenvalue weighted by atomic mass is 16.5. The zero-order valence-electron chi connectivity index (χ0n) is 12.3. The van der Waals surface area contributed by atoms with Crippen LogP contribution in [-0.4, -0.2) is 41.7 Å². The van der Waals surface area contributed by atoms with E-state index in [2.05, 4.69) is 4.98 Å². The average Bonchev–Trinajstić information content (AvgIpc) is 2.93. The topological polar surface area (TPSA) is 79.7 Å². The molecule has 0 spiro atoms. The molecule has 6 nitrogen and oxygen atoms in total. The first-order valence-corrected chi connectivity index (χ1v) is 7.14. The Morgan fingerprint density at radius 3 is 2.67 bits per heavy atom. The third-order valence-electron chi connectivity index (χ3n) is 4.07. The summed E-state index contributed by atoms with van der Waals surface area (Å²) < 4.78 is 4.90. The molecular weight excluding hydrogens is 272 g/mol. The molecule has 1 saturated heterocycles. The first-order chi connectivity index (χ1) is 10.0. The highest BCUT2D eigenvalue weighted by Crippen LogP contribution is 2.36. The van der Waals surface area contributed by atoms with Crippen molar-refractivity contribution >= 4 is 17.8 Å². The fourth-order valence-corrected chi connectivity index (χ4v) is 2.59. The SMILES string of the molecule is CCOC(=O)c1ccc(N2CCC(CC)(C(=O)O)C2)nc1. The van der Waals surface area contributed by atoms with Gasteiger partial charge in [0.2, 0.25) is 0 Å². The highest BCUT2D eigenvalue weighted by molar-refractivity contribution is 5.89. The second kappa shape index (κ2) is 6.11. The molecule has 2 heterocycles. The number of carboxylic acid groups (broad SMARTS) is 1. The fourth-order valence-electron chi connectivity index (χ4n) is 2.59. The highest BCUT2D eigenvalue weighted by Gasteiger charge is 2.43. The number of carboxylic acids is 1. The second-order valence-corrected chi connectivity index (χ2v) is 5.24. The standard InChI is InChI=1S/C15H20N2O4/c1-3-15(14(19)20)7-8-17(10-15)12-6-5-11(9-16-12)13(18)21-4-2/h5-6,9H,3-4,7-8,10H2,1-2H3,(H,19,20). The summed E-state index contributed by atoms with van der Waals surface area (Å²) in [5, 5.41) is 9.40. The van der Waals surface area contributed by atoms with Gasteiger partial charge in [-0.25, -0.2) is 9.78 Å². The molecule has 1 atom stereocenters. The maximum atomic E-state index is 11.6. The predicted molar refractivity (Wildman–Crippen MR) is 77.4 cm³/mol. The number of esters is 1. The van der Waals surface area contributed by atoms with Crippen molar-refractivity contribution in [2.24, 2.45) is 5.41 Å². The van der Waals surface area contributed by atoms with Crippen molar-refractivity contribution in [3.05, 3.63) is 23.9 Å². The third-order valence-corrected chi connectivity index (χ3v) is 4.07. The minimum absolute atomic E-state index is 0.324. The van der Waals surface area contributed by atoms with Crippen LogP contribution in [0.2, 0.25) is 0 Å². The van der Waals surface area contributed by atoms with E-state index in [1.165, 1.54) is 6.20 Å². The average molecular weight is 292 g/mol. The zero-order valence-corrected chi connectivity index (χ0v) is 12.3. The van der Waals surface area contributed by atoms with E-state index in [0.29, 0.717) is 43.9 Å². The van der Waals surface area contributed by atoms with Crippen LogP contribution < -0.4 is 4.90 Å². The lowest BCUT2D eigenvalue weighted by Gasteiger charge is -2.23. The van der Waals surface area contributed by atoms with Gasteiger partial charge < -0.3 is 14.7 Å². The van der Waals surface area contributed by atoms with E-state index in [0.717, 1.165) is 0 Å². The van der Waals surface area contributed by atoms with Crippen LogP contribution in [0.25, 0.3) is 0 Å². The number of hydrogen-bond donors (Lipinski definition) is 1. The van der Waals surface area contributed by atoms with E-state index < -0.39 is 17.4 Å². The van der Waals surface area contributed by atoms with E-state index in [9.17, 15) is 14.7 Å². The molecule has 1 aromatic heterocycles. The van der Waals surface area contributed by atoms with Gasteiger partial charge in [0, 0.05) is 19.3 Å². The van der Waals surface area contributed by atoms with Crippen molar-refractivity contribution in [3.63, 3.8) is 0 Å². The van der Waals surface area contributed by atoms with Gasteiger partial charge in [-0.1, -0.05) is 6.92 Å². The van der Waals surface area contributed by atoms with Crippen molar-refractivity contribution in [3.8, 4) is 0 Å². The van der Waals surface area contributed by atoms with Crippen molar-refractivity contribution in [1.29, 1.82) is 0 Å². The summed E-state index contributed by atoms with van der Waals surface area (Å²) in [5.74, 6) is -0.457. The Labute approximate surface area is 123 Å².